The highest BCUT2D eigenvalue weighted by molar-refractivity contribution is 9.10. The fourth-order valence-electron chi connectivity index (χ4n) is 2.75. The number of pyridine rings is 1. The molecule has 0 bridgehead atoms. The molecule has 134 valence electrons. The molecule has 2 heterocycles. The number of thiazole rings is 1. The van der Waals surface area contributed by atoms with Crippen molar-refractivity contribution in [3.63, 3.8) is 0 Å². The monoisotopic (exact) mass is 455 g/mol. The van der Waals surface area contributed by atoms with Gasteiger partial charge in [-0.1, -0.05) is 51.8 Å². The van der Waals surface area contributed by atoms with Gasteiger partial charge in [0.1, 0.15) is 0 Å². The maximum Gasteiger partial charge on any atom is 0.190 e. The summed E-state index contributed by atoms with van der Waals surface area (Å²) in [6.07, 6.45) is 3.52. The SMILES string of the molecule is Clc1ccc(Cn2c(-c3cccc(Br)c3)csc2=Nc2cccnc2)cc1. The highest BCUT2D eigenvalue weighted by atomic mass is 79.9. The Kier molecular flexibility index (Phi) is 5.53. The van der Waals surface area contributed by atoms with Crippen LogP contribution in [0.3, 0.4) is 0 Å². The average molecular weight is 457 g/mol. The second-order valence-electron chi connectivity index (χ2n) is 5.95. The molecule has 6 heteroatoms. The first kappa shape index (κ1) is 18.2. The Labute approximate surface area is 174 Å². The third kappa shape index (κ3) is 4.38. The van der Waals surface area contributed by atoms with Crippen LogP contribution >= 0.6 is 38.9 Å². The number of hydrogen-bond donors (Lipinski definition) is 0. The number of nitrogens with zero attached hydrogens (tertiary/aromatic N) is 3. The van der Waals surface area contributed by atoms with E-state index in [1.165, 1.54) is 5.56 Å². The molecular weight excluding hydrogens is 442 g/mol. The third-order valence-electron chi connectivity index (χ3n) is 4.04. The average Bonchev–Trinajstić information content (AvgIpc) is 3.07. The summed E-state index contributed by atoms with van der Waals surface area (Å²) in [6, 6.07) is 20.1. The zero-order valence-electron chi connectivity index (χ0n) is 14.2. The third-order valence-corrected chi connectivity index (χ3v) is 5.65. The molecule has 0 fully saturated rings. The zero-order chi connectivity index (χ0) is 18.6. The summed E-state index contributed by atoms with van der Waals surface area (Å²) in [7, 11) is 0. The Morgan fingerprint density at radius 1 is 1.07 bits per heavy atom. The van der Waals surface area contributed by atoms with E-state index in [9.17, 15) is 0 Å². The van der Waals surface area contributed by atoms with Gasteiger partial charge < -0.3 is 4.57 Å². The van der Waals surface area contributed by atoms with Crippen LogP contribution in [0.4, 0.5) is 5.69 Å². The number of halogens is 2. The van der Waals surface area contributed by atoms with E-state index in [1.807, 2.05) is 48.5 Å². The molecule has 4 aromatic rings. The number of benzene rings is 2. The van der Waals surface area contributed by atoms with Crippen LogP contribution in [0.2, 0.25) is 5.02 Å². The first-order valence-electron chi connectivity index (χ1n) is 8.32. The maximum atomic E-state index is 6.04. The van der Waals surface area contributed by atoms with Gasteiger partial charge in [-0.15, -0.1) is 11.3 Å². The van der Waals surface area contributed by atoms with Crippen molar-refractivity contribution in [2.45, 2.75) is 6.54 Å². The van der Waals surface area contributed by atoms with Gasteiger partial charge >= 0.3 is 0 Å². The van der Waals surface area contributed by atoms with E-state index in [1.54, 1.807) is 23.7 Å². The molecule has 0 aliphatic heterocycles. The summed E-state index contributed by atoms with van der Waals surface area (Å²) in [5.41, 5.74) is 4.27. The minimum absolute atomic E-state index is 0.710. The van der Waals surface area contributed by atoms with Crippen LogP contribution in [0, 0.1) is 0 Å². The second-order valence-corrected chi connectivity index (χ2v) is 8.14. The van der Waals surface area contributed by atoms with Gasteiger partial charge in [0.15, 0.2) is 4.80 Å². The molecule has 0 saturated carbocycles. The van der Waals surface area contributed by atoms with Crippen molar-refractivity contribution in [3.8, 4) is 11.3 Å². The lowest BCUT2D eigenvalue weighted by molar-refractivity contribution is 0.778. The van der Waals surface area contributed by atoms with Gasteiger partial charge in [-0.2, -0.15) is 0 Å². The molecule has 0 radical (unpaired) electrons. The molecule has 0 spiro atoms. The summed E-state index contributed by atoms with van der Waals surface area (Å²) < 4.78 is 3.28. The molecule has 0 aliphatic carbocycles. The lowest BCUT2D eigenvalue weighted by Crippen LogP contribution is -2.16. The van der Waals surface area contributed by atoms with Gasteiger partial charge in [0.2, 0.25) is 0 Å². The van der Waals surface area contributed by atoms with Gasteiger partial charge in [-0.25, -0.2) is 4.99 Å². The molecule has 0 atom stereocenters. The zero-order valence-corrected chi connectivity index (χ0v) is 17.4. The summed E-state index contributed by atoms with van der Waals surface area (Å²) >= 11 is 11.2. The van der Waals surface area contributed by atoms with Crippen molar-refractivity contribution in [3.05, 3.63) is 98.3 Å². The predicted octanol–water partition coefficient (Wildman–Crippen LogP) is 6.31. The van der Waals surface area contributed by atoms with Crippen LogP contribution in [-0.4, -0.2) is 9.55 Å². The van der Waals surface area contributed by atoms with Gasteiger partial charge in [-0.05, 0) is 42.0 Å². The van der Waals surface area contributed by atoms with Gasteiger partial charge in [-0.3, -0.25) is 4.98 Å². The van der Waals surface area contributed by atoms with Crippen LogP contribution in [0.25, 0.3) is 11.3 Å². The smallest absolute Gasteiger partial charge is 0.190 e. The van der Waals surface area contributed by atoms with Crippen LogP contribution in [0.5, 0.6) is 0 Å². The summed E-state index contributed by atoms with van der Waals surface area (Å²) in [5.74, 6) is 0. The van der Waals surface area contributed by atoms with Crippen molar-refractivity contribution in [2.24, 2.45) is 4.99 Å². The Morgan fingerprint density at radius 2 is 1.93 bits per heavy atom. The molecule has 0 N–H and O–H groups in total. The molecule has 0 saturated heterocycles. The molecular formula is C21H15BrClN3S. The first-order chi connectivity index (χ1) is 13.2. The van der Waals surface area contributed by atoms with E-state index in [-0.39, 0.29) is 0 Å². The van der Waals surface area contributed by atoms with Gasteiger partial charge in [0.05, 0.1) is 24.1 Å². The van der Waals surface area contributed by atoms with E-state index in [4.69, 9.17) is 16.6 Å². The highest BCUT2D eigenvalue weighted by Crippen LogP contribution is 2.25. The van der Waals surface area contributed by atoms with E-state index >= 15 is 0 Å². The molecule has 27 heavy (non-hydrogen) atoms. The summed E-state index contributed by atoms with van der Waals surface area (Å²) in [4.78, 5) is 9.89. The Bertz CT molecular complexity index is 1120. The number of hydrogen-bond acceptors (Lipinski definition) is 3. The molecule has 0 unspecified atom stereocenters. The molecule has 3 nitrogen and oxygen atoms in total. The Balaban J connectivity index is 1.84. The molecule has 4 rings (SSSR count). The van der Waals surface area contributed by atoms with E-state index in [0.29, 0.717) is 6.54 Å². The number of rotatable bonds is 4. The quantitative estimate of drug-likeness (QED) is 0.354. The minimum atomic E-state index is 0.710. The molecule has 0 aliphatic rings. The van der Waals surface area contributed by atoms with Crippen LogP contribution in [0.1, 0.15) is 5.56 Å². The van der Waals surface area contributed by atoms with E-state index in [2.05, 4.69) is 43.0 Å². The first-order valence-corrected chi connectivity index (χ1v) is 10.4. The van der Waals surface area contributed by atoms with Crippen molar-refractivity contribution in [1.29, 1.82) is 0 Å². The fourth-order valence-corrected chi connectivity index (χ4v) is 4.21. The van der Waals surface area contributed by atoms with E-state index in [0.717, 1.165) is 31.2 Å². The van der Waals surface area contributed by atoms with Crippen LogP contribution in [0.15, 0.2) is 87.9 Å². The van der Waals surface area contributed by atoms with Gasteiger partial charge in [0, 0.05) is 26.6 Å². The van der Waals surface area contributed by atoms with Crippen molar-refractivity contribution >= 4 is 44.6 Å². The van der Waals surface area contributed by atoms with Crippen LogP contribution in [-0.2, 0) is 6.54 Å². The molecule has 2 aromatic heterocycles. The highest BCUT2D eigenvalue weighted by Gasteiger charge is 2.10. The largest absolute Gasteiger partial charge is 0.312 e. The van der Waals surface area contributed by atoms with Crippen molar-refractivity contribution in [2.75, 3.05) is 0 Å². The molecule has 0 amide bonds. The normalized spacial score (nSPS) is 11.7. The minimum Gasteiger partial charge on any atom is -0.312 e. The van der Waals surface area contributed by atoms with Crippen molar-refractivity contribution in [1.82, 2.24) is 9.55 Å². The van der Waals surface area contributed by atoms with Gasteiger partial charge in [0.25, 0.3) is 0 Å². The summed E-state index contributed by atoms with van der Waals surface area (Å²) in [6.45, 7) is 0.710. The summed E-state index contributed by atoms with van der Waals surface area (Å²) in [5, 5.41) is 2.88. The fraction of sp³-hybridized carbons (Fsp3) is 0.0476. The number of aromatic nitrogens is 2. The predicted molar refractivity (Wildman–Crippen MR) is 115 cm³/mol. The lowest BCUT2D eigenvalue weighted by Gasteiger charge is -2.10. The molecule has 2 aromatic carbocycles. The van der Waals surface area contributed by atoms with E-state index < -0.39 is 0 Å². The van der Waals surface area contributed by atoms with Crippen LogP contribution < -0.4 is 4.80 Å². The maximum absolute atomic E-state index is 6.04. The van der Waals surface area contributed by atoms with Crippen molar-refractivity contribution < 1.29 is 0 Å². The Hall–Kier alpha value is -2.21. The Morgan fingerprint density at radius 3 is 2.67 bits per heavy atom. The second kappa shape index (κ2) is 8.21. The lowest BCUT2D eigenvalue weighted by atomic mass is 10.1. The standard InChI is InChI=1S/C21H15BrClN3S/c22-17-4-1-3-16(11-17)20-14-27-21(25-19-5-2-10-24-12-19)26(20)13-15-6-8-18(23)9-7-15/h1-12,14H,13H2. The topological polar surface area (TPSA) is 30.2 Å².